The zero-order valence-electron chi connectivity index (χ0n) is 17.2. The van der Waals surface area contributed by atoms with E-state index in [2.05, 4.69) is 21.2 Å². The number of hydrogen-bond donors (Lipinski definition) is 1. The van der Waals surface area contributed by atoms with Gasteiger partial charge in [0.1, 0.15) is 23.1 Å². The van der Waals surface area contributed by atoms with Crippen LogP contribution in [0.25, 0.3) is 6.08 Å². The third kappa shape index (κ3) is 5.67. The number of carbonyl (C=O) groups is 1. The third-order valence-electron chi connectivity index (χ3n) is 4.18. The van der Waals surface area contributed by atoms with Gasteiger partial charge in [0.15, 0.2) is 11.5 Å². The molecule has 30 heavy (non-hydrogen) atoms. The van der Waals surface area contributed by atoms with Crippen LogP contribution in [-0.4, -0.2) is 33.8 Å². The molecule has 1 amide bonds. The van der Waals surface area contributed by atoms with Gasteiger partial charge < -0.3 is 24.3 Å². The summed E-state index contributed by atoms with van der Waals surface area (Å²) >= 11 is 3.45. The van der Waals surface area contributed by atoms with Crippen molar-refractivity contribution in [2.24, 2.45) is 0 Å². The molecule has 0 saturated heterocycles. The van der Waals surface area contributed by atoms with Crippen molar-refractivity contribution in [3.05, 3.63) is 51.5 Å². The van der Waals surface area contributed by atoms with Crippen LogP contribution in [0.15, 0.2) is 40.4 Å². The number of hydrogen-bond acceptors (Lipinski definition) is 6. The molecule has 2 rings (SSSR count). The lowest BCUT2D eigenvalue weighted by atomic mass is 10.1. The van der Waals surface area contributed by atoms with Crippen molar-refractivity contribution in [1.29, 1.82) is 5.26 Å². The van der Waals surface area contributed by atoms with Crippen LogP contribution < -0.4 is 24.3 Å². The summed E-state index contributed by atoms with van der Waals surface area (Å²) in [7, 11) is 4.63. The maximum atomic E-state index is 12.6. The minimum absolute atomic E-state index is 0.0469. The van der Waals surface area contributed by atoms with Gasteiger partial charge in [-0.25, -0.2) is 0 Å². The van der Waals surface area contributed by atoms with Crippen LogP contribution in [0.1, 0.15) is 18.1 Å². The fourth-order valence-corrected chi connectivity index (χ4v) is 3.10. The number of nitrogens with zero attached hydrogens (tertiary/aromatic N) is 1. The van der Waals surface area contributed by atoms with E-state index in [9.17, 15) is 10.1 Å². The lowest BCUT2D eigenvalue weighted by Crippen LogP contribution is -2.24. The molecule has 158 valence electrons. The molecule has 2 aromatic rings. The summed E-state index contributed by atoms with van der Waals surface area (Å²) < 4.78 is 22.0. The number of amides is 1. The van der Waals surface area contributed by atoms with Gasteiger partial charge in [-0.3, -0.25) is 4.79 Å². The summed E-state index contributed by atoms with van der Waals surface area (Å²) in [5, 5.41) is 12.2. The van der Waals surface area contributed by atoms with E-state index in [1.807, 2.05) is 13.0 Å². The monoisotopic (exact) mass is 474 g/mol. The standard InChI is InChI=1S/C22H23BrN2O5/c1-5-30-21-11-18(23)15(9-20(21)29-4)8-16(12-24)22(26)25-13-14-6-7-17(27-2)10-19(14)28-3/h6-11H,5,13H2,1-4H3,(H,25,26)/b16-8+. The Kier molecular flexibility index (Phi) is 8.56. The lowest BCUT2D eigenvalue weighted by molar-refractivity contribution is -0.117. The number of methoxy groups -OCH3 is 3. The Balaban J connectivity index is 2.23. The third-order valence-corrected chi connectivity index (χ3v) is 4.87. The summed E-state index contributed by atoms with van der Waals surface area (Å²) in [5.74, 6) is 1.80. The summed E-state index contributed by atoms with van der Waals surface area (Å²) in [6.45, 7) is 2.55. The van der Waals surface area contributed by atoms with E-state index in [1.54, 1.807) is 37.4 Å². The van der Waals surface area contributed by atoms with Gasteiger partial charge in [0, 0.05) is 22.6 Å². The normalized spacial score (nSPS) is 10.7. The Morgan fingerprint density at radius 1 is 1.10 bits per heavy atom. The summed E-state index contributed by atoms with van der Waals surface area (Å²) in [6, 6.07) is 10.7. The Morgan fingerprint density at radius 2 is 1.83 bits per heavy atom. The highest BCUT2D eigenvalue weighted by atomic mass is 79.9. The second-order valence-corrected chi connectivity index (χ2v) is 6.84. The van der Waals surface area contributed by atoms with Crippen molar-refractivity contribution >= 4 is 27.9 Å². The zero-order valence-corrected chi connectivity index (χ0v) is 18.8. The molecule has 0 radical (unpaired) electrons. The number of rotatable bonds is 9. The quantitative estimate of drug-likeness (QED) is 0.434. The van der Waals surface area contributed by atoms with E-state index in [-0.39, 0.29) is 12.1 Å². The second-order valence-electron chi connectivity index (χ2n) is 5.99. The van der Waals surface area contributed by atoms with Gasteiger partial charge in [0.05, 0.1) is 27.9 Å². The molecule has 0 aliphatic carbocycles. The van der Waals surface area contributed by atoms with Crippen molar-refractivity contribution in [2.75, 3.05) is 27.9 Å². The van der Waals surface area contributed by atoms with Gasteiger partial charge in [-0.2, -0.15) is 5.26 Å². The first-order chi connectivity index (χ1) is 14.5. The average molecular weight is 475 g/mol. The van der Waals surface area contributed by atoms with Gasteiger partial charge >= 0.3 is 0 Å². The molecule has 1 N–H and O–H groups in total. The molecule has 2 aromatic carbocycles. The van der Waals surface area contributed by atoms with Crippen molar-refractivity contribution in [3.63, 3.8) is 0 Å². The first kappa shape index (κ1) is 23.1. The molecule has 0 saturated carbocycles. The van der Waals surface area contributed by atoms with Crippen molar-refractivity contribution in [2.45, 2.75) is 13.5 Å². The van der Waals surface area contributed by atoms with E-state index in [0.717, 1.165) is 5.56 Å². The highest BCUT2D eigenvalue weighted by molar-refractivity contribution is 9.10. The maximum Gasteiger partial charge on any atom is 0.262 e. The number of nitrogens with one attached hydrogen (secondary N) is 1. The Morgan fingerprint density at radius 3 is 2.43 bits per heavy atom. The van der Waals surface area contributed by atoms with Crippen LogP contribution in [0.3, 0.4) is 0 Å². The van der Waals surface area contributed by atoms with Crippen molar-refractivity contribution in [3.8, 4) is 29.1 Å². The van der Waals surface area contributed by atoms with Crippen molar-refractivity contribution < 1.29 is 23.7 Å². The van der Waals surface area contributed by atoms with Gasteiger partial charge in [-0.15, -0.1) is 0 Å². The highest BCUT2D eigenvalue weighted by Crippen LogP contribution is 2.34. The highest BCUT2D eigenvalue weighted by Gasteiger charge is 2.14. The van der Waals surface area contributed by atoms with Crippen LogP contribution in [0.2, 0.25) is 0 Å². The smallest absolute Gasteiger partial charge is 0.262 e. The molecule has 8 heteroatoms. The average Bonchev–Trinajstić information content (AvgIpc) is 2.76. The predicted octanol–water partition coefficient (Wildman–Crippen LogP) is 4.10. The number of nitriles is 1. The topological polar surface area (TPSA) is 89.8 Å². The maximum absolute atomic E-state index is 12.6. The van der Waals surface area contributed by atoms with Crippen molar-refractivity contribution in [1.82, 2.24) is 5.32 Å². The van der Waals surface area contributed by atoms with E-state index < -0.39 is 5.91 Å². The van der Waals surface area contributed by atoms with Gasteiger partial charge in [0.25, 0.3) is 5.91 Å². The number of carbonyl (C=O) groups excluding carboxylic acids is 1. The molecule has 7 nitrogen and oxygen atoms in total. The van der Waals surface area contributed by atoms with Gasteiger partial charge in [0.2, 0.25) is 0 Å². The van der Waals surface area contributed by atoms with E-state index in [1.165, 1.54) is 20.3 Å². The predicted molar refractivity (Wildman–Crippen MR) is 117 cm³/mol. The number of halogens is 1. The van der Waals surface area contributed by atoms with E-state index >= 15 is 0 Å². The Hall–Kier alpha value is -3.18. The fourth-order valence-electron chi connectivity index (χ4n) is 2.66. The molecule has 0 aliphatic heterocycles. The largest absolute Gasteiger partial charge is 0.497 e. The number of ether oxygens (including phenoxy) is 4. The van der Waals surface area contributed by atoms with Gasteiger partial charge in [-0.05, 0) is 42.8 Å². The molecular formula is C22H23BrN2O5. The molecule has 0 spiro atoms. The molecule has 0 bridgehead atoms. The van der Waals surface area contributed by atoms with Crippen LogP contribution in [0.5, 0.6) is 23.0 Å². The molecule has 0 fully saturated rings. The SMILES string of the molecule is CCOc1cc(Br)c(/C=C(\C#N)C(=O)NCc2ccc(OC)cc2OC)cc1OC. The Labute approximate surface area is 184 Å². The number of benzene rings is 2. The summed E-state index contributed by atoms with van der Waals surface area (Å²) in [6.07, 6.45) is 1.49. The molecule has 0 heterocycles. The van der Waals surface area contributed by atoms with Crippen LogP contribution in [-0.2, 0) is 11.3 Å². The molecule has 0 aliphatic rings. The van der Waals surface area contributed by atoms with Crippen LogP contribution in [0.4, 0.5) is 0 Å². The Bertz CT molecular complexity index is 982. The minimum Gasteiger partial charge on any atom is -0.497 e. The second kappa shape index (κ2) is 11.1. The summed E-state index contributed by atoms with van der Waals surface area (Å²) in [5.41, 5.74) is 1.33. The van der Waals surface area contributed by atoms with E-state index in [4.69, 9.17) is 18.9 Å². The zero-order chi connectivity index (χ0) is 22.1. The molecule has 0 unspecified atom stereocenters. The molecular weight excluding hydrogens is 452 g/mol. The van der Waals surface area contributed by atoms with Crippen LogP contribution >= 0.6 is 15.9 Å². The first-order valence-electron chi connectivity index (χ1n) is 9.08. The van der Waals surface area contributed by atoms with Gasteiger partial charge in [-0.1, -0.05) is 15.9 Å². The molecule has 0 atom stereocenters. The van der Waals surface area contributed by atoms with Crippen LogP contribution in [0, 0.1) is 11.3 Å². The first-order valence-corrected chi connectivity index (χ1v) is 9.87. The lowest BCUT2D eigenvalue weighted by Gasteiger charge is -2.12. The van der Waals surface area contributed by atoms with E-state index in [0.29, 0.717) is 39.6 Å². The minimum atomic E-state index is -0.505. The summed E-state index contributed by atoms with van der Waals surface area (Å²) in [4.78, 5) is 12.6. The fraction of sp³-hybridized carbons (Fsp3) is 0.273. The molecule has 0 aromatic heterocycles.